The lowest BCUT2D eigenvalue weighted by Gasteiger charge is -2.28. The Kier molecular flexibility index (Phi) is 6.65. The molecule has 0 unspecified atom stereocenters. The number of carbonyl (C=O) groups is 1. The summed E-state index contributed by atoms with van der Waals surface area (Å²) >= 11 is 0. The Morgan fingerprint density at radius 2 is 1.53 bits per heavy atom. The molecular weight excluding hydrogens is 275 g/mol. The van der Waals surface area contributed by atoms with Gasteiger partial charge in [0.1, 0.15) is 0 Å². The van der Waals surface area contributed by atoms with E-state index < -0.39 is 24.6 Å². The van der Waals surface area contributed by atoms with Gasteiger partial charge in [-0.15, -0.1) is 0 Å². The molecule has 0 saturated carbocycles. The number of ether oxygens (including phenoxy) is 1. The third-order valence-electron chi connectivity index (χ3n) is 2.24. The quantitative estimate of drug-likeness (QED) is 0.554. The number of phosphoric ester groups is 1. The lowest BCUT2D eigenvalue weighted by atomic mass is 9.90. The molecule has 0 heterocycles. The third kappa shape index (κ3) is 11.1. The molecule has 0 bridgehead atoms. The first kappa shape index (κ1) is 18.5. The standard InChI is InChI=1S/C11H23O7P/c1-10(2,5-9(12)13)6-17-7-11(3,4)8-18-19(14,15)16/h5-8H2,1-4H3,(H,12,13)(H2,14,15,16). The van der Waals surface area contributed by atoms with Crippen molar-refractivity contribution >= 4 is 13.8 Å². The lowest BCUT2D eigenvalue weighted by Crippen LogP contribution is -2.29. The average molecular weight is 298 g/mol. The van der Waals surface area contributed by atoms with E-state index in [0.29, 0.717) is 0 Å². The zero-order chi connectivity index (χ0) is 15.3. The first-order valence-electron chi connectivity index (χ1n) is 5.83. The van der Waals surface area contributed by atoms with Crippen molar-refractivity contribution in [2.45, 2.75) is 34.1 Å². The molecule has 0 aromatic heterocycles. The minimum atomic E-state index is -4.48. The van der Waals surface area contributed by atoms with Gasteiger partial charge in [-0.05, 0) is 5.41 Å². The van der Waals surface area contributed by atoms with E-state index in [2.05, 4.69) is 4.52 Å². The highest BCUT2D eigenvalue weighted by atomic mass is 31.2. The summed E-state index contributed by atoms with van der Waals surface area (Å²) < 4.78 is 20.5. The topological polar surface area (TPSA) is 113 Å². The normalized spacial score (nSPS) is 13.6. The first-order valence-corrected chi connectivity index (χ1v) is 7.36. The summed E-state index contributed by atoms with van der Waals surface area (Å²) in [6.07, 6.45) is -0.00753. The van der Waals surface area contributed by atoms with Crippen LogP contribution >= 0.6 is 7.82 Å². The molecule has 0 aliphatic heterocycles. The third-order valence-corrected chi connectivity index (χ3v) is 2.70. The van der Waals surface area contributed by atoms with Gasteiger partial charge in [-0.1, -0.05) is 27.7 Å². The van der Waals surface area contributed by atoms with E-state index in [1.54, 1.807) is 27.7 Å². The zero-order valence-electron chi connectivity index (χ0n) is 11.8. The lowest BCUT2D eigenvalue weighted by molar-refractivity contribution is -0.140. The van der Waals surface area contributed by atoms with Gasteiger partial charge in [0.2, 0.25) is 0 Å². The maximum Gasteiger partial charge on any atom is 0.469 e. The van der Waals surface area contributed by atoms with Gasteiger partial charge >= 0.3 is 13.8 Å². The second-order valence-electron chi connectivity index (χ2n) is 6.16. The van der Waals surface area contributed by atoms with Gasteiger partial charge < -0.3 is 19.6 Å². The Hall–Kier alpha value is -0.460. The summed E-state index contributed by atoms with van der Waals surface area (Å²) in [5.74, 6) is -0.891. The second-order valence-corrected chi connectivity index (χ2v) is 7.40. The van der Waals surface area contributed by atoms with Crippen molar-refractivity contribution < 1.29 is 33.5 Å². The number of rotatable bonds is 9. The summed E-state index contributed by atoms with van der Waals surface area (Å²) in [7, 11) is -4.48. The largest absolute Gasteiger partial charge is 0.481 e. The molecule has 0 radical (unpaired) electrons. The van der Waals surface area contributed by atoms with E-state index in [1.165, 1.54) is 0 Å². The summed E-state index contributed by atoms with van der Waals surface area (Å²) in [6, 6.07) is 0. The van der Waals surface area contributed by atoms with Crippen LogP contribution in [0, 0.1) is 10.8 Å². The van der Waals surface area contributed by atoms with Crippen LogP contribution < -0.4 is 0 Å². The SMILES string of the molecule is CC(C)(COCC(C)(C)CC(=O)O)COP(=O)(O)O. The Balaban J connectivity index is 4.11. The van der Waals surface area contributed by atoms with E-state index in [4.69, 9.17) is 19.6 Å². The fraction of sp³-hybridized carbons (Fsp3) is 0.909. The molecule has 0 spiro atoms. The maximum absolute atomic E-state index is 10.6. The molecule has 114 valence electrons. The number of phosphoric acid groups is 1. The average Bonchev–Trinajstić information content (AvgIpc) is 2.10. The van der Waals surface area contributed by atoms with Crippen LogP contribution in [0.5, 0.6) is 0 Å². The van der Waals surface area contributed by atoms with Crippen LogP contribution in [0.4, 0.5) is 0 Å². The van der Waals surface area contributed by atoms with Gasteiger partial charge in [0, 0.05) is 5.41 Å². The minimum Gasteiger partial charge on any atom is -0.481 e. The predicted molar refractivity (Wildman–Crippen MR) is 68.6 cm³/mol. The number of carboxylic acid groups (broad SMARTS) is 1. The first-order chi connectivity index (χ1) is 8.33. The predicted octanol–water partition coefficient (Wildman–Crippen LogP) is 1.64. The van der Waals surface area contributed by atoms with Gasteiger partial charge in [-0.25, -0.2) is 4.57 Å². The molecule has 3 N–H and O–H groups in total. The fourth-order valence-electron chi connectivity index (χ4n) is 1.36. The van der Waals surface area contributed by atoms with Crippen molar-refractivity contribution in [3.05, 3.63) is 0 Å². The van der Waals surface area contributed by atoms with Crippen LogP contribution in [-0.2, 0) is 18.6 Å². The molecule has 0 fully saturated rings. The molecule has 0 aromatic rings. The molecule has 7 nitrogen and oxygen atoms in total. The molecule has 0 aliphatic rings. The summed E-state index contributed by atoms with van der Waals surface area (Å²) in [5, 5.41) is 8.72. The van der Waals surface area contributed by atoms with Crippen molar-refractivity contribution in [1.82, 2.24) is 0 Å². The van der Waals surface area contributed by atoms with Gasteiger partial charge in [-0.3, -0.25) is 9.32 Å². The molecule has 19 heavy (non-hydrogen) atoms. The van der Waals surface area contributed by atoms with Crippen molar-refractivity contribution in [1.29, 1.82) is 0 Å². The van der Waals surface area contributed by atoms with Crippen molar-refractivity contribution in [2.24, 2.45) is 10.8 Å². The summed E-state index contributed by atoms with van der Waals surface area (Å²) in [6.45, 7) is 7.37. The van der Waals surface area contributed by atoms with Gasteiger partial charge in [-0.2, -0.15) is 0 Å². The number of hydrogen-bond donors (Lipinski definition) is 3. The van der Waals surface area contributed by atoms with E-state index in [9.17, 15) is 9.36 Å². The van der Waals surface area contributed by atoms with Crippen LogP contribution in [0.3, 0.4) is 0 Å². The van der Waals surface area contributed by atoms with E-state index >= 15 is 0 Å². The maximum atomic E-state index is 10.6. The Bertz CT molecular complexity index is 345. The van der Waals surface area contributed by atoms with Gasteiger partial charge in [0.25, 0.3) is 0 Å². The fourth-order valence-corrected chi connectivity index (χ4v) is 1.88. The van der Waals surface area contributed by atoms with E-state index in [0.717, 1.165) is 0 Å². The highest BCUT2D eigenvalue weighted by Crippen LogP contribution is 2.38. The van der Waals surface area contributed by atoms with Crippen LogP contribution in [0.25, 0.3) is 0 Å². The van der Waals surface area contributed by atoms with E-state index in [-0.39, 0.29) is 26.2 Å². The van der Waals surface area contributed by atoms with Crippen LogP contribution in [0.2, 0.25) is 0 Å². The second kappa shape index (κ2) is 6.81. The van der Waals surface area contributed by atoms with Crippen molar-refractivity contribution in [3.63, 3.8) is 0 Å². The highest BCUT2D eigenvalue weighted by molar-refractivity contribution is 7.46. The van der Waals surface area contributed by atoms with Crippen LogP contribution in [0.1, 0.15) is 34.1 Å². The van der Waals surface area contributed by atoms with Crippen molar-refractivity contribution in [2.75, 3.05) is 19.8 Å². The Morgan fingerprint density at radius 3 is 1.95 bits per heavy atom. The Labute approximate surface area is 113 Å². The highest BCUT2D eigenvalue weighted by Gasteiger charge is 2.27. The summed E-state index contributed by atoms with van der Waals surface area (Å²) in [4.78, 5) is 27.9. The summed E-state index contributed by atoms with van der Waals surface area (Å²) in [5.41, 5.74) is -1.06. The minimum absolute atomic E-state index is 0.00753. The molecule has 0 rings (SSSR count). The molecule has 0 aliphatic carbocycles. The van der Waals surface area contributed by atoms with Gasteiger partial charge in [0.05, 0.1) is 26.2 Å². The van der Waals surface area contributed by atoms with Crippen molar-refractivity contribution in [3.8, 4) is 0 Å². The molecular formula is C11H23O7P. The zero-order valence-corrected chi connectivity index (χ0v) is 12.6. The smallest absolute Gasteiger partial charge is 0.469 e. The number of aliphatic carboxylic acids is 1. The molecule has 0 saturated heterocycles. The van der Waals surface area contributed by atoms with E-state index in [1.807, 2.05) is 0 Å². The molecule has 0 atom stereocenters. The molecule has 8 heteroatoms. The van der Waals surface area contributed by atoms with Crippen LogP contribution in [0.15, 0.2) is 0 Å². The Morgan fingerprint density at radius 1 is 1.05 bits per heavy atom. The monoisotopic (exact) mass is 298 g/mol. The van der Waals surface area contributed by atoms with Crippen LogP contribution in [-0.4, -0.2) is 40.7 Å². The molecule has 0 amide bonds. The number of carboxylic acids is 1. The molecule has 0 aromatic carbocycles. The number of hydrogen-bond acceptors (Lipinski definition) is 4. The van der Waals surface area contributed by atoms with Gasteiger partial charge in [0.15, 0.2) is 0 Å².